The van der Waals surface area contributed by atoms with Gasteiger partial charge >= 0.3 is 6.03 Å². The molecule has 2 aromatic carbocycles. The molecule has 1 fully saturated rings. The van der Waals surface area contributed by atoms with Gasteiger partial charge in [0, 0.05) is 25.3 Å². The molecule has 30 heavy (non-hydrogen) atoms. The van der Waals surface area contributed by atoms with E-state index in [0.717, 1.165) is 35.8 Å². The van der Waals surface area contributed by atoms with Gasteiger partial charge in [-0.05, 0) is 49.9 Å². The van der Waals surface area contributed by atoms with Crippen molar-refractivity contribution in [2.24, 2.45) is 5.92 Å². The summed E-state index contributed by atoms with van der Waals surface area (Å²) in [6.45, 7) is 3.22. The third-order valence-electron chi connectivity index (χ3n) is 5.21. The topological polar surface area (TPSA) is 104 Å². The number of aryl methyl sites for hydroxylation is 1. The number of anilines is 1. The van der Waals surface area contributed by atoms with Gasteiger partial charge in [-0.15, -0.1) is 0 Å². The van der Waals surface area contributed by atoms with Crippen molar-refractivity contribution < 1.29 is 13.2 Å². The highest BCUT2D eigenvalue weighted by Gasteiger charge is 2.32. The first-order chi connectivity index (χ1) is 14.4. The molecule has 1 aromatic heterocycles. The molecule has 1 saturated heterocycles. The van der Waals surface area contributed by atoms with E-state index in [-0.39, 0.29) is 16.8 Å². The zero-order valence-electron chi connectivity index (χ0n) is 16.5. The summed E-state index contributed by atoms with van der Waals surface area (Å²) in [6, 6.07) is 12.3. The summed E-state index contributed by atoms with van der Waals surface area (Å²) in [6.07, 6.45) is 1.61. The van der Waals surface area contributed by atoms with E-state index in [0.29, 0.717) is 30.7 Å². The third-order valence-corrected chi connectivity index (χ3v) is 7.65. The maximum absolute atomic E-state index is 13.2. The van der Waals surface area contributed by atoms with E-state index in [2.05, 4.69) is 19.4 Å². The zero-order chi connectivity index (χ0) is 21.1. The molecular weight excluding hydrogens is 422 g/mol. The molecule has 0 bridgehead atoms. The van der Waals surface area contributed by atoms with Crippen molar-refractivity contribution in [3.8, 4) is 0 Å². The van der Waals surface area contributed by atoms with Gasteiger partial charge in [0.05, 0.1) is 11.7 Å². The van der Waals surface area contributed by atoms with Crippen molar-refractivity contribution in [2.45, 2.75) is 24.7 Å². The number of nitrogens with zero attached hydrogens (tertiary/aromatic N) is 3. The lowest BCUT2D eigenvalue weighted by Gasteiger charge is -2.32. The highest BCUT2D eigenvalue weighted by Crippen LogP contribution is 2.28. The van der Waals surface area contributed by atoms with Crippen molar-refractivity contribution >= 4 is 44.5 Å². The third kappa shape index (κ3) is 4.45. The first-order valence-electron chi connectivity index (χ1n) is 9.76. The molecule has 8 nitrogen and oxygen atoms in total. The fourth-order valence-electron chi connectivity index (χ4n) is 3.59. The fourth-order valence-corrected chi connectivity index (χ4v) is 5.90. The number of hydrogen-bond donors (Lipinski definition) is 2. The van der Waals surface area contributed by atoms with Gasteiger partial charge in [0.1, 0.15) is 15.9 Å². The van der Waals surface area contributed by atoms with Crippen molar-refractivity contribution in [3.63, 3.8) is 0 Å². The Hall–Kier alpha value is -2.56. The Balaban J connectivity index is 1.39. The molecule has 0 aliphatic carbocycles. The molecule has 0 saturated carbocycles. The monoisotopic (exact) mass is 445 g/mol. The predicted molar refractivity (Wildman–Crippen MR) is 117 cm³/mol. The van der Waals surface area contributed by atoms with Gasteiger partial charge in [-0.3, -0.25) is 0 Å². The number of urea groups is 1. The smallest absolute Gasteiger partial charge is 0.319 e. The van der Waals surface area contributed by atoms with E-state index < -0.39 is 10.0 Å². The molecule has 4 rings (SSSR count). The van der Waals surface area contributed by atoms with Crippen molar-refractivity contribution in [1.29, 1.82) is 0 Å². The molecule has 3 aromatic rings. The van der Waals surface area contributed by atoms with Crippen LogP contribution in [0.15, 0.2) is 47.4 Å². The number of aromatic nitrogens is 2. The summed E-state index contributed by atoms with van der Waals surface area (Å²) >= 11 is 1.01. The minimum absolute atomic E-state index is 0.0463. The molecule has 2 heterocycles. The summed E-state index contributed by atoms with van der Waals surface area (Å²) in [5.41, 5.74) is 2.84. The van der Waals surface area contributed by atoms with E-state index in [1.54, 1.807) is 18.2 Å². The molecule has 0 spiro atoms. The van der Waals surface area contributed by atoms with Crippen LogP contribution in [-0.4, -0.2) is 47.1 Å². The second-order valence-electron chi connectivity index (χ2n) is 7.46. The largest absolute Gasteiger partial charge is 0.338 e. The Morgan fingerprint density at radius 3 is 2.80 bits per heavy atom. The van der Waals surface area contributed by atoms with E-state index in [9.17, 15) is 13.2 Å². The van der Waals surface area contributed by atoms with Gasteiger partial charge in [0.15, 0.2) is 0 Å². The number of nitrogens with one attached hydrogen (secondary N) is 2. The van der Waals surface area contributed by atoms with E-state index >= 15 is 0 Å². The van der Waals surface area contributed by atoms with Crippen LogP contribution in [-0.2, 0) is 10.0 Å². The minimum Gasteiger partial charge on any atom is -0.338 e. The molecule has 158 valence electrons. The van der Waals surface area contributed by atoms with Crippen LogP contribution in [0.1, 0.15) is 18.4 Å². The zero-order valence-corrected chi connectivity index (χ0v) is 18.2. The number of piperidine rings is 1. The van der Waals surface area contributed by atoms with Gasteiger partial charge in [-0.1, -0.05) is 23.8 Å². The molecule has 1 unspecified atom stereocenters. The number of rotatable bonds is 5. The van der Waals surface area contributed by atoms with Crippen molar-refractivity contribution in [3.05, 3.63) is 48.0 Å². The first kappa shape index (κ1) is 20.7. The van der Waals surface area contributed by atoms with Crippen molar-refractivity contribution in [1.82, 2.24) is 18.4 Å². The quantitative estimate of drug-likeness (QED) is 0.627. The van der Waals surface area contributed by atoms with Crippen LogP contribution in [0.25, 0.3) is 11.0 Å². The second-order valence-corrected chi connectivity index (χ2v) is 9.90. The van der Waals surface area contributed by atoms with Crippen LogP contribution in [0.4, 0.5) is 10.5 Å². The SMILES string of the molecule is Cc1ccc(NC(=O)NCC2CCCN(S(=O)(=O)c3cccc4nsnc34)C2)cc1. The number of carbonyl (C=O) groups excluding carboxylic acids is 1. The van der Waals surface area contributed by atoms with E-state index in [4.69, 9.17) is 0 Å². The van der Waals surface area contributed by atoms with Crippen LogP contribution in [0.2, 0.25) is 0 Å². The van der Waals surface area contributed by atoms with Gasteiger partial charge in [0.2, 0.25) is 10.0 Å². The normalized spacial score (nSPS) is 17.7. The Bertz CT molecular complexity index is 1140. The van der Waals surface area contributed by atoms with Crippen LogP contribution >= 0.6 is 11.7 Å². The Morgan fingerprint density at radius 2 is 2.00 bits per heavy atom. The number of carbonyl (C=O) groups is 1. The fraction of sp³-hybridized carbons (Fsp3) is 0.350. The Morgan fingerprint density at radius 1 is 1.20 bits per heavy atom. The van der Waals surface area contributed by atoms with E-state index in [1.165, 1.54) is 4.31 Å². The van der Waals surface area contributed by atoms with Crippen LogP contribution in [0.5, 0.6) is 0 Å². The molecular formula is C20H23N5O3S2. The van der Waals surface area contributed by atoms with Gasteiger partial charge < -0.3 is 10.6 Å². The van der Waals surface area contributed by atoms with Crippen LogP contribution in [0.3, 0.4) is 0 Å². The first-order valence-corrected chi connectivity index (χ1v) is 11.9. The molecule has 1 aliphatic heterocycles. The highest BCUT2D eigenvalue weighted by molar-refractivity contribution is 7.89. The number of benzene rings is 2. The van der Waals surface area contributed by atoms with Gasteiger partial charge in [0.25, 0.3) is 0 Å². The lowest BCUT2D eigenvalue weighted by molar-refractivity contribution is 0.238. The molecule has 2 amide bonds. The lowest BCUT2D eigenvalue weighted by atomic mass is 10.00. The molecule has 0 radical (unpaired) electrons. The Labute approximate surface area is 179 Å². The lowest BCUT2D eigenvalue weighted by Crippen LogP contribution is -2.44. The maximum Gasteiger partial charge on any atom is 0.319 e. The number of amides is 2. The molecule has 1 atom stereocenters. The molecule has 2 N–H and O–H groups in total. The molecule has 1 aliphatic rings. The average Bonchev–Trinajstić information content (AvgIpc) is 3.23. The van der Waals surface area contributed by atoms with E-state index in [1.807, 2.05) is 31.2 Å². The van der Waals surface area contributed by atoms with Crippen LogP contribution in [0, 0.1) is 12.8 Å². The second kappa shape index (κ2) is 8.66. The Kier molecular flexibility index (Phi) is 5.98. The summed E-state index contributed by atoms with van der Waals surface area (Å²) in [4.78, 5) is 12.4. The van der Waals surface area contributed by atoms with Crippen LogP contribution < -0.4 is 10.6 Å². The van der Waals surface area contributed by atoms with Crippen molar-refractivity contribution in [2.75, 3.05) is 25.0 Å². The number of sulfonamides is 1. The predicted octanol–water partition coefficient (Wildman–Crippen LogP) is 3.22. The summed E-state index contributed by atoms with van der Waals surface area (Å²) < 4.78 is 36.2. The summed E-state index contributed by atoms with van der Waals surface area (Å²) in [5, 5.41) is 5.66. The maximum atomic E-state index is 13.2. The highest BCUT2D eigenvalue weighted by atomic mass is 32.2. The van der Waals surface area contributed by atoms with Gasteiger partial charge in [-0.2, -0.15) is 13.1 Å². The minimum atomic E-state index is -3.67. The summed E-state index contributed by atoms with van der Waals surface area (Å²) in [7, 11) is -3.67. The summed E-state index contributed by atoms with van der Waals surface area (Å²) in [5.74, 6) is 0.0463. The average molecular weight is 446 g/mol. The standard InChI is InChI=1S/C20H23N5O3S2/c1-14-7-9-16(10-8-14)22-20(26)21-12-15-4-3-11-25(13-15)30(27,28)18-6-2-5-17-19(18)24-29-23-17/h2,5-10,15H,3-4,11-13H2,1H3,(H2,21,22,26). The number of fused-ring (bicyclic) bond motifs is 1. The van der Waals surface area contributed by atoms with Gasteiger partial charge in [-0.25, -0.2) is 13.2 Å². The number of hydrogen-bond acceptors (Lipinski definition) is 6. The molecule has 10 heteroatoms.